The van der Waals surface area contributed by atoms with Crippen molar-refractivity contribution in [2.75, 3.05) is 47.5 Å². The normalized spacial score (nSPS) is 13.0. The second kappa shape index (κ2) is 61.3. The lowest BCUT2D eigenvalue weighted by Gasteiger charge is -2.26. The van der Waals surface area contributed by atoms with E-state index < -0.39 is 24.3 Å². The number of carbonyl (C=O) groups is 3. The Morgan fingerprint density at radius 1 is 0.380 bits per heavy atom. The molecule has 0 fully saturated rings. The van der Waals surface area contributed by atoms with Gasteiger partial charge in [0.15, 0.2) is 12.4 Å². The molecule has 2 unspecified atom stereocenters. The second-order valence-corrected chi connectivity index (χ2v) is 24.1. The van der Waals surface area contributed by atoms with Crippen LogP contribution in [0.25, 0.3) is 0 Å². The molecule has 9 heteroatoms. The van der Waals surface area contributed by atoms with Crippen molar-refractivity contribution in [3.8, 4) is 0 Å². The molecule has 0 N–H and O–H groups in total. The maximum atomic E-state index is 12.9. The molecule has 2 atom stereocenters. The Morgan fingerprint density at radius 3 is 1.03 bits per heavy atom. The van der Waals surface area contributed by atoms with E-state index in [2.05, 4.69) is 62.5 Å². The Labute approximate surface area is 489 Å². The standard InChI is InChI=1S/C70H129NO8/c1-6-8-10-12-14-16-18-20-22-23-24-25-26-27-28-29-30-31-32-33-34-35-36-37-38-39-40-41-42-43-44-45-47-49-51-53-55-57-59-61-68(73)79-66(65-78-70(69(74)75)76-63-62-71(3,4)5)64-77-67(72)60-58-56-54-52-50-48-46-21-19-17-15-13-11-9-7-2/h15,17-18,20-21,23-24,46,66,70H,6-14,16,19,22,25-45,47-65H2,1-5H3/b17-15-,20-18-,24-23-,46-21-. The van der Waals surface area contributed by atoms with Gasteiger partial charge in [0.25, 0.3) is 0 Å². The van der Waals surface area contributed by atoms with Crippen LogP contribution in [0.5, 0.6) is 0 Å². The maximum Gasteiger partial charge on any atom is 0.306 e. The fraction of sp³-hybridized carbons (Fsp3) is 0.843. The number of hydrogen-bond donors (Lipinski definition) is 0. The Hall–Kier alpha value is -2.75. The molecule has 0 saturated heterocycles. The zero-order valence-corrected chi connectivity index (χ0v) is 52.8. The smallest absolute Gasteiger partial charge is 0.306 e. The zero-order chi connectivity index (χ0) is 57.6. The summed E-state index contributed by atoms with van der Waals surface area (Å²) >= 11 is 0. The van der Waals surface area contributed by atoms with Crippen LogP contribution in [0, 0.1) is 0 Å². The van der Waals surface area contributed by atoms with Crippen molar-refractivity contribution in [3.05, 3.63) is 48.6 Å². The molecule has 0 heterocycles. The van der Waals surface area contributed by atoms with Crippen molar-refractivity contribution in [2.45, 2.75) is 334 Å². The molecule has 9 nitrogen and oxygen atoms in total. The zero-order valence-electron chi connectivity index (χ0n) is 52.8. The van der Waals surface area contributed by atoms with Gasteiger partial charge in [0.05, 0.1) is 40.3 Å². The molecule has 0 aromatic rings. The highest BCUT2D eigenvalue weighted by Gasteiger charge is 2.22. The molecule has 0 amide bonds. The number of hydrogen-bond acceptors (Lipinski definition) is 8. The Balaban J connectivity index is 3.94. The fourth-order valence-electron chi connectivity index (χ4n) is 9.84. The van der Waals surface area contributed by atoms with E-state index in [0.29, 0.717) is 17.4 Å². The molecule has 79 heavy (non-hydrogen) atoms. The number of esters is 2. The van der Waals surface area contributed by atoms with Crippen LogP contribution in [-0.4, -0.2) is 82.3 Å². The van der Waals surface area contributed by atoms with Gasteiger partial charge in [0.1, 0.15) is 13.2 Å². The third-order valence-electron chi connectivity index (χ3n) is 15.0. The van der Waals surface area contributed by atoms with E-state index >= 15 is 0 Å². The summed E-state index contributed by atoms with van der Waals surface area (Å²) in [5, 5.41) is 11.8. The summed E-state index contributed by atoms with van der Waals surface area (Å²) in [6.07, 6.45) is 75.0. The molecule has 0 spiro atoms. The first-order valence-corrected chi connectivity index (χ1v) is 33.8. The lowest BCUT2D eigenvalue weighted by molar-refractivity contribution is -0.870. The lowest BCUT2D eigenvalue weighted by atomic mass is 10.0. The summed E-state index contributed by atoms with van der Waals surface area (Å²) in [5.41, 5.74) is 0. The van der Waals surface area contributed by atoms with E-state index in [1.54, 1.807) is 0 Å². The van der Waals surface area contributed by atoms with Crippen LogP contribution in [0.2, 0.25) is 0 Å². The van der Waals surface area contributed by atoms with Gasteiger partial charge in [-0.2, -0.15) is 0 Å². The molecule has 0 saturated carbocycles. The first-order chi connectivity index (χ1) is 38.6. The van der Waals surface area contributed by atoms with Gasteiger partial charge in [0.2, 0.25) is 0 Å². The fourth-order valence-corrected chi connectivity index (χ4v) is 9.84. The van der Waals surface area contributed by atoms with Crippen LogP contribution in [-0.2, 0) is 33.3 Å². The van der Waals surface area contributed by atoms with E-state index in [1.165, 1.54) is 225 Å². The summed E-state index contributed by atoms with van der Waals surface area (Å²) in [5.74, 6) is -2.28. The minimum atomic E-state index is -1.62. The third-order valence-corrected chi connectivity index (χ3v) is 15.0. The van der Waals surface area contributed by atoms with Gasteiger partial charge in [-0.15, -0.1) is 0 Å². The van der Waals surface area contributed by atoms with E-state index in [0.717, 1.165) is 64.2 Å². The number of ether oxygens (including phenoxy) is 4. The number of carbonyl (C=O) groups excluding carboxylic acids is 3. The third kappa shape index (κ3) is 62.7. The molecule has 0 aliphatic rings. The minimum Gasteiger partial charge on any atom is -0.545 e. The van der Waals surface area contributed by atoms with Gasteiger partial charge >= 0.3 is 11.9 Å². The molecular formula is C70H129NO8. The predicted octanol–water partition coefficient (Wildman–Crippen LogP) is 19.2. The highest BCUT2D eigenvalue weighted by atomic mass is 16.7. The molecule has 0 radical (unpaired) electrons. The number of carboxylic acids is 1. The van der Waals surface area contributed by atoms with Gasteiger partial charge < -0.3 is 33.3 Å². The molecule has 0 aromatic carbocycles. The summed E-state index contributed by atoms with van der Waals surface area (Å²) < 4.78 is 22.7. The van der Waals surface area contributed by atoms with E-state index in [1.807, 2.05) is 21.1 Å². The first kappa shape index (κ1) is 76.2. The average molecular weight is 1110 g/mol. The minimum absolute atomic E-state index is 0.146. The van der Waals surface area contributed by atoms with E-state index in [4.69, 9.17) is 18.9 Å². The van der Waals surface area contributed by atoms with Crippen LogP contribution in [0.15, 0.2) is 48.6 Å². The number of likely N-dealkylation sites (N-methyl/N-ethyl adjacent to an activating group) is 1. The Kier molecular flexibility index (Phi) is 59.2. The van der Waals surface area contributed by atoms with Crippen LogP contribution < -0.4 is 5.11 Å². The molecule has 0 rings (SSSR count). The lowest BCUT2D eigenvalue weighted by Crippen LogP contribution is -2.44. The van der Waals surface area contributed by atoms with E-state index in [9.17, 15) is 19.5 Å². The molecule has 462 valence electrons. The molecular weight excluding hydrogens is 983 g/mol. The number of quaternary nitrogens is 1. The number of carboxylic acid groups (broad SMARTS) is 1. The van der Waals surface area contributed by atoms with Crippen LogP contribution in [0.3, 0.4) is 0 Å². The van der Waals surface area contributed by atoms with Crippen molar-refractivity contribution in [1.29, 1.82) is 0 Å². The highest BCUT2D eigenvalue weighted by molar-refractivity contribution is 5.70. The first-order valence-electron chi connectivity index (χ1n) is 33.8. The number of allylic oxidation sites excluding steroid dienone is 8. The largest absolute Gasteiger partial charge is 0.545 e. The summed E-state index contributed by atoms with van der Waals surface area (Å²) in [6, 6.07) is 0. The van der Waals surface area contributed by atoms with Gasteiger partial charge in [-0.25, -0.2) is 0 Å². The monoisotopic (exact) mass is 1110 g/mol. The van der Waals surface area contributed by atoms with Crippen LogP contribution >= 0.6 is 0 Å². The Morgan fingerprint density at radius 2 is 0.684 bits per heavy atom. The molecule has 0 bridgehead atoms. The summed E-state index contributed by atoms with van der Waals surface area (Å²) in [6.45, 7) is 4.73. The quantitative estimate of drug-likeness (QED) is 0.0195. The van der Waals surface area contributed by atoms with Gasteiger partial charge in [-0.1, -0.05) is 281 Å². The van der Waals surface area contributed by atoms with Gasteiger partial charge in [0, 0.05) is 12.8 Å². The molecule has 0 aliphatic carbocycles. The number of aliphatic carboxylic acids is 1. The van der Waals surface area contributed by atoms with E-state index in [-0.39, 0.29) is 38.6 Å². The summed E-state index contributed by atoms with van der Waals surface area (Å²) in [7, 11) is 5.93. The van der Waals surface area contributed by atoms with Crippen molar-refractivity contribution in [3.63, 3.8) is 0 Å². The SMILES string of the molecule is CCCCC/C=C\C/C=C\CCCCCCCC(=O)OCC(COC(OCC[N+](C)(C)C)C(=O)[O-])OC(=O)CCCCCCCCCCCCCCCCCCCCCCCCCCCCC/C=C\C/C=C\CCCCCCC. The van der Waals surface area contributed by atoms with Crippen molar-refractivity contribution in [1.82, 2.24) is 0 Å². The second-order valence-electron chi connectivity index (χ2n) is 24.1. The van der Waals surface area contributed by atoms with Gasteiger partial charge in [-0.05, 0) is 77.0 Å². The van der Waals surface area contributed by atoms with Crippen molar-refractivity contribution < 1.29 is 42.9 Å². The van der Waals surface area contributed by atoms with Crippen LogP contribution in [0.1, 0.15) is 322 Å². The number of nitrogens with zero attached hydrogens (tertiary/aromatic N) is 1. The molecule has 0 aliphatic heterocycles. The molecule has 0 aromatic heterocycles. The summed E-state index contributed by atoms with van der Waals surface area (Å²) in [4.78, 5) is 37.3. The maximum absolute atomic E-state index is 12.9. The topological polar surface area (TPSA) is 111 Å². The van der Waals surface area contributed by atoms with Crippen LogP contribution in [0.4, 0.5) is 0 Å². The Bertz CT molecular complexity index is 1430. The van der Waals surface area contributed by atoms with Crippen molar-refractivity contribution >= 4 is 17.9 Å². The number of rotatable bonds is 63. The van der Waals surface area contributed by atoms with Crippen molar-refractivity contribution in [2.24, 2.45) is 0 Å². The highest BCUT2D eigenvalue weighted by Crippen LogP contribution is 2.18. The van der Waals surface area contributed by atoms with Gasteiger partial charge in [-0.3, -0.25) is 9.59 Å². The average Bonchev–Trinajstić information content (AvgIpc) is 3.42. The number of unbranched alkanes of at least 4 members (excludes halogenated alkanes) is 40. The predicted molar refractivity (Wildman–Crippen MR) is 334 cm³/mol.